The molecule has 6 rings (SSSR count). The number of rotatable bonds is 4. The van der Waals surface area contributed by atoms with Crippen molar-refractivity contribution in [2.24, 2.45) is 0 Å². The van der Waals surface area contributed by atoms with E-state index >= 15 is 0 Å². The molecule has 3 nitrogen and oxygen atoms in total. The summed E-state index contributed by atoms with van der Waals surface area (Å²) in [5, 5.41) is 0. The number of hydrogen-bond donors (Lipinski definition) is 0. The number of aryl methyl sites for hydroxylation is 1. The van der Waals surface area contributed by atoms with E-state index in [1.54, 1.807) is 0 Å². The van der Waals surface area contributed by atoms with Gasteiger partial charge in [-0.2, -0.15) is 13.2 Å². The number of para-hydroxylation sites is 1. The van der Waals surface area contributed by atoms with Crippen molar-refractivity contribution >= 4 is 11.4 Å². The summed E-state index contributed by atoms with van der Waals surface area (Å²) in [6, 6.07) is 13.2. The van der Waals surface area contributed by atoms with E-state index in [1.807, 2.05) is 6.07 Å². The Bertz CT molecular complexity index is 1030. The fourth-order valence-electron chi connectivity index (χ4n) is 6.41. The molecule has 3 heterocycles. The van der Waals surface area contributed by atoms with Gasteiger partial charge in [0.15, 0.2) is 0 Å². The smallest absolute Gasteiger partial charge is 0.365 e. The van der Waals surface area contributed by atoms with E-state index < -0.39 is 11.7 Å². The minimum atomic E-state index is -4.27. The van der Waals surface area contributed by atoms with Gasteiger partial charge in [0.05, 0.1) is 22.5 Å². The third-order valence-corrected chi connectivity index (χ3v) is 8.35. The monoisotopic (exact) mass is 441 g/mol. The zero-order chi connectivity index (χ0) is 22.1. The quantitative estimate of drug-likeness (QED) is 0.638. The van der Waals surface area contributed by atoms with Crippen LogP contribution in [0.15, 0.2) is 42.5 Å². The lowest BCUT2D eigenvalue weighted by Gasteiger charge is -2.46. The zero-order valence-corrected chi connectivity index (χ0v) is 18.5. The molecule has 170 valence electrons. The van der Waals surface area contributed by atoms with Crippen molar-refractivity contribution < 1.29 is 13.2 Å². The molecular formula is C26H30F3N3. The summed E-state index contributed by atoms with van der Waals surface area (Å²) in [6.07, 6.45) is 1.07. The van der Waals surface area contributed by atoms with Crippen molar-refractivity contribution in [3.05, 3.63) is 59.2 Å². The maximum absolute atomic E-state index is 13.0. The lowest BCUT2D eigenvalue weighted by atomic mass is 9.89. The van der Waals surface area contributed by atoms with Crippen molar-refractivity contribution in [1.82, 2.24) is 4.90 Å². The highest BCUT2D eigenvalue weighted by Crippen LogP contribution is 2.57. The Morgan fingerprint density at radius 2 is 1.91 bits per heavy atom. The van der Waals surface area contributed by atoms with E-state index in [4.69, 9.17) is 0 Å². The van der Waals surface area contributed by atoms with Gasteiger partial charge in [-0.25, -0.2) is 0 Å². The van der Waals surface area contributed by atoms with Crippen molar-refractivity contribution in [3.8, 4) is 0 Å². The second-order valence-electron chi connectivity index (χ2n) is 10.2. The predicted octanol–water partition coefficient (Wildman–Crippen LogP) is 5.30. The van der Waals surface area contributed by atoms with Gasteiger partial charge in [0.25, 0.3) is 0 Å². The summed E-state index contributed by atoms with van der Waals surface area (Å²) in [5.41, 5.74) is 4.95. The number of anilines is 2. The number of halogens is 3. The van der Waals surface area contributed by atoms with E-state index in [0.29, 0.717) is 23.9 Å². The SMILES string of the molecule is CN1c2cccc3c2N(CC12CC2)C1CCN(CCCc2cccc(C(F)(F)F)c2)CC31. The topological polar surface area (TPSA) is 9.72 Å². The van der Waals surface area contributed by atoms with Crippen LogP contribution in [0.5, 0.6) is 0 Å². The van der Waals surface area contributed by atoms with Crippen LogP contribution in [0.4, 0.5) is 24.5 Å². The number of likely N-dealkylation sites (tertiary alicyclic amines) is 1. The van der Waals surface area contributed by atoms with Crippen molar-refractivity contribution in [2.75, 3.05) is 43.0 Å². The molecule has 3 aliphatic heterocycles. The summed E-state index contributed by atoms with van der Waals surface area (Å²) in [6.45, 7) is 4.23. The third kappa shape index (κ3) is 3.21. The molecule has 1 spiro atoms. The standard InChI is InChI=1S/C26H30F3N3/c1-30-23-9-3-8-20-21-16-31(13-4-6-18-5-2-7-19(15-18)26(27,28)29)14-10-22(21)32(24(20)23)17-25(30)11-12-25/h2-3,5,7-9,15,21-22H,4,6,10-14,16-17H2,1H3. The molecule has 6 heteroatoms. The van der Waals surface area contributed by atoms with Gasteiger partial charge in [-0.05, 0) is 61.9 Å². The minimum Gasteiger partial charge on any atom is -0.365 e. The normalized spacial score (nSPS) is 25.8. The minimum absolute atomic E-state index is 0.350. The second-order valence-corrected chi connectivity index (χ2v) is 10.2. The first-order chi connectivity index (χ1) is 15.4. The molecule has 2 aromatic rings. The molecule has 1 aliphatic carbocycles. The number of alkyl halides is 3. The maximum atomic E-state index is 13.0. The van der Waals surface area contributed by atoms with Crippen molar-refractivity contribution in [3.63, 3.8) is 0 Å². The molecule has 2 atom stereocenters. The van der Waals surface area contributed by atoms with Gasteiger partial charge in [-0.15, -0.1) is 0 Å². The van der Waals surface area contributed by atoms with E-state index in [-0.39, 0.29) is 0 Å². The van der Waals surface area contributed by atoms with Crippen LogP contribution in [0.25, 0.3) is 0 Å². The molecule has 2 unspecified atom stereocenters. The molecule has 0 amide bonds. The first kappa shape index (κ1) is 20.4. The van der Waals surface area contributed by atoms with E-state index in [0.717, 1.165) is 44.2 Å². The molecule has 2 fully saturated rings. The molecular weight excluding hydrogens is 411 g/mol. The predicted molar refractivity (Wildman–Crippen MR) is 122 cm³/mol. The first-order valence-electron chi connectivity index (χ1n) is 11.9. The highest BCUT2D eigenvalue weighted by atomic mass is 19.4. The average Bonchev–Trinajstić information content (AvgIpc) is 3.49. The number of hydrogen-bond acceptors (Lipinski definition) is 3. The maximum Gasteiger partial charge on any atom is 0.416 e. The lowest BCUT2D eigenvalue weighted by Crippen LogP contribution is -2.54. The largest absolute Gasteiger partial charge is 0.416 e. The van der Waals surface area contributed by atoms with Gasteiger partial charge >= 0.3 is 6.18 Å². The highest BCUT2D eigenvalue weighted by molar-refractivity contribution is 5.82. The fraction of sp³-hybridized carbons (Fsp3) is 0.538. The number of piperidine rings is 1. The number of benzene rings is 2. The Morgan fingerprint density at radius 3 is 2.69 bits per heavy atom. The Morgan fingerprint density at radius 1 is 1.09 bits per heavy atom. The summed E-state index contributed by atoms with van der Waals surface area (Å²) in [4.78, 5) is 7.79. The Labute approximate surface area is 187 Å². The molecule has 1 saturated carbocycles. The molecule has 1 saturated heterocycles. The molecule has 2 aromatic carbocycles. The van der Waals surface area contributed by atoms with E-state index in [9.17, 15) is 13.2 Å². The van der Waals surface area contributed by atoms with Gasteiger partial charge < -0.3 is 14.7 Å². The number of fused-ring (bicyclic) bond motifs is 3. The van der Waals surface area contributed by atoms with Crippen LogP contribution in [0.1, 0.15) is 48.3 Å². The van der Waals surface area contributed by atoms with E-state index in [1.165, 1.54) is 48.3 Å². The fourth-order valence-corrected chi connectivity index (χ4v) is 6.41. The molecule has 0 radical (unpaired) electrons. The Kier molecular flexibility index (Phi) is 4.55. The lowest BCUT2D eigenvalue weighted by molar-refractivity contribution is -0.137. The van der Waals surface area contributed by atoms with Gasteiger partial charge in [0.2, 0.25) is 0 Å². The molecule has 0 bridgehead atoms. The van der Waals surface area contributed by atoms with Crippen molar-refractivity contribution in [2.45, 2.75) is 55.8 Å². The molecule has 4 aliphatic rings. The Hall–Kier alpha value is -2.21. The van der Waals surface area contributed by atoms with Crippen LogP contribution in [0.3, 0.4) is 0 Å². The second kappa shape index (κ2) is 7.14. The summed E-state index contributed by atoms with van der Waals surface area (Å²) in [7, 11) is 2.27. The number of nitrogens with zero attached hydrogens (tertiary/aromatic N) is 3. The van der Waals surface area contributed by atoms with Gasteiger partial charge in [0, 0.05) is 38.6 Å². The summed E-state index contributed by atoms with van der Waals surface area (Å²) in [5.74, 6) is 0.537. The van der Waals surface area contributed by atoms with E-state index in [2.05, 4.69) is 39.9 Å². The van der Waals surface area contributed by atoms with Gasteiger partial charge in [-0.1, -0.05) is 30.3 Å². The average molecular weight is 442 g/mol. The molecule has 0 aromatic heterocycles. The van der Waals surface area contributed by atoms with Gasteiger partial charge in [0.1, 0.15) is 0 Å². The van der Waals surface area contributed by atoms with Crippen LogP contribution in [0, 0.1) is 0 Å². The Balaban J connectivity index is 1.13. The van der Waals surface area contributed by atoms with Gasteiger partial charge in [-0.3, -0.25) is 0 Å². The van der Waals surface area contributed by atoms with Crippen LogP contribution >= 0.6 is 0 Å². The van der Waals surface area contributed by atoms with Crippen LogP contribution < -0.4 is 9.80 Å². The zero-order valence-electron chi connectivity index (χ0n) is 18.5. The highest BCUT2D eigenvalue weighted by Gasteiger charge is 2.56. The number of likely N-dealkylation sites (N-methyl/N-ethyl adjacent to an activating group) is 1. The summed E-state index contributed by atoms with van der Waals surface area (Å²) < 4.78 is 38.9. The molecule has 0 N–H and O–H groups in total. The van der Waals surface area contributed by atoms with Crippen LogP contribution in [0.2, 0.25) is 0 Å². The van der Waals surface area contributed by atoms with Crippen LogP contribution in [-0.4, -0.2) is 49.7 Å². The third-order valence-electron chi connectivity index (χ3n) is 8.35. The molecule has 32 heavy (non-hydrogen) atoms. The summed E-state index contributed by atoms with van der Waals surface area (Å²) >= 11 is 0. The first-order valence-corrected chi connectivity index (χ1v) is 11.9. The van der Waals surface area contributed by atoms with Crippen LogP contribution in [-0.2, 0) is 12.6 Å². The van der Waals surface area contributed by atoms with Crippen molar-refractivity contribution in [1.29, 1.82) is 0 Å².